The molecule has 0 radical (unpaired) electrons. The van der Waals surface area contributed by atoms with Crippen LogP contribution < -0.4 is 11.3 Å². The number of aryl methyl sites for hydroxylation is 2. The summed E-state index contributed by atoms with van der Waals surface area (Å²) in [6.07, 6.45) is 0.473. The summed E-state index contributed by atoms with van der Waals surface area (Å²) in [5.41, 5.74) is 5.28. The average molecular weight is 341 g/mol. The first-order chi connectivity index (χ1) is 9.55. The van der Waals surface area contributed by atoms with Crippen LogP contribution in [0.4, 0.5) is 4.39 Å². The molecular formula is C14H18BrFN4. The van der Waals surface area contributed by atoms with E-state index in [1.807, 2.05) is 30.7 Å². The molecule has 0 saturated heterocycles. The third kappa shape index (κ3) is 3.26. The average Bonchev–Trinajstić information content (AvgIpc) is 2.79. The van der Waals surface area contributed by atoms with Crippen LogP contribution in [-0.4, -0.2) is 9.78 Å². The molecule has 0 aliphatic carbocycles. The molecule has 2 rings (SSSR count). The molecule has 1 aromatic heterocycles. The number of aromatic nitrogens is 2. The molecule has 108 valence electrons. The van der Waals surface area contributed by atoms with Crippen molar-refractivity contribution in [3.63, 3.8) is 0 Å². The van der Waals surface area contributed by atoms with Crippen molar-refractivity contribution in [2.45, 2.75) is 32.9 Å². The van der Waals surface area contributed by atoms with E-state index in [4.69, 9.17) is 5.84 Å². The molecule has 0 saturated carbocycles. The largest absolute Gasteiger partial charge is 0.271 e. The molecule has 0 amide bonds. The highest BCUT2D eigenvalue weighted by Crippen LogP contribution is 2.22. The number of hydrogen-bond acceptors (Lipinski definition) is 3. The fraction of sp³-hybridized carbons (Fsp3) is 0.357. The van der Waals surface area contributed by atoms with E-state index in [0.29, 0.717) is 12.0 Å². The van der Waals surface area contributed by atoms with Crippen LogP contribution in [0.2, 0.25) is 0 Å². The molecule has 2 aromatic rings. The number of nitrogens with zero attached hydrogens (tertiary/aromatic N) is 2. The summed E-state index contributed by atoms with van der Waals surface area (Å²) in [6.45, 7) is 4.71. The molecule has 1 unspecified atom stereocenters. The zero-order valence-corrected chi connectivity index (χ0v) is 13.1. The summed E-state index contributed by atoms with van der Waals surface area (Å²) in [5, 5.41) is 4.40. The second-order valence-electron chi connectivity index (χ2n) is 4.69. The summed E-state index contributed by atoms with van der Waals surface area (Å²) in [7, 11) is 0. The van der Waals surface area contributed by atoms with Gasteiger partial charge in [0.2, 0.25) is 0 Å². The van der Waals surface area contributed by atoms with Gasteiger partial charge in [-0.1, -0.05) is 22.0 Å². The van der Waals surface area contributed by atoms with Gasteiger partial charge in [-0.3, -0.25) is 16.0 Å². The highest BCUT2D eigenvalue weighted by molar-refractivity contribution is 9.10. The van der Waals surface area contributed by atoms with Crippen LogP contribution in [0.3, 0.4) is 0 Å². The van der Waals surface area contributed by atoms with Gasteiger partial charge in [-0.25, -0.2) is 4.39 Å². The molecule has 1 atom stereocenters. The fourth-order valence-electron chi connectivity index (χ4n) is 2.26. The van der Waals surface area contributed by atoms with Crippen molar-refractivity contribution in [3.05, 3.63) is 51.5 Å². The maximum Gasteiger partial charge on any atom is 0.127 e. The Labute approximate surface area is 126 Å². The number of hydrazine groups is 1. The van der Waals surface area contributed by atoms with Gasteiger partial charge in [0, 0.05) is 11.0 Å². The van der Waals surface area contributed by atoms with Crippen LogP contribution in [0.25, 0.3) is 0 Å². The monoisotopic (exact) mass is 340 g/mol. The Morgan fingerprint density at radius 3 is 2.80 bits per heavy atom. The number of rotatable bonds is 5. The lowest BCUT2D eigenvalue weighted by Crippen LogP contribution is -2.31. The quantitative estimate of drug-likeness (QED) is 0.650. The highest BCUT2D eigenvalue weighted by atomic mass is 79.9. The van der Waals surface area contributed by atoms with E-state index in [9.17, 15) is 4.39 Å². The lowest BCUT2D eigenvalue weighted by Gasteiger charge is -2.17. The Morgan fingerprint density at radius 2 is 2.20 bits per heavy atom. The van der Waals surface area contributed by atoms with E-state index in [-0.39, 0.29) is 11.9 Å². The van der Waals surface area contributed by atoms with Crippen molar-refractivity contribution >= 4 is 15.9 Å². The van der Waals surface area contributed by atoms with E-state index >= 15 is 0 Å². The predicted molar refractivity (Wildman–Crippen MR) is 80.5 cm³/mol. The minimum atomic E-state index is -0.237. The minimum Gasteiger partial charge on any atom is -0.271 e. The van der Waals surface area contributed by atoms with Gasteiger partial charge in [-0.05, 0) is 44.0 Å². The molecule has 3 N–H and O–H groups in total. The van der Waals surface area contributed by atoms with Crippen molar-refractivity contribution < 1.29 is 4.39 Å². The van der Waals surface area contributed by atoms with Crippen molar-refractivity contribution in [1.82, 2.24) is 15.2 Å². The van der Waals surface area contributed by atoms with E-state index < -0.39 is 0 Å². The predicted octanol–water partition coefficient (Wildman–Crippen LogP) is 2.86. The Balaban J connectivity index is 2.28. The number of nitrogens with one attached hydrogen (secondary N) is 1. The molecule has 0 fully saturated rings. The minimum absolute atomic E-state index is 0.174. The smallest absolute Gasteiger partial charge is 0.127 e. The fourth-order valence-corrected chi connectivity index (χ4v) is 2.59. The van der Waals surface area contributed by atoms with Crippen LogP contribution in [-0.2, 0) is 13.0 Å². The van der Waals surface area contributed by atoms with Gasteiger partial charge in [0.05, 0.1) is 17.4 Å². The third-order valence-corrected chi connectivity index (χ3v) is 3.72. The van der Waals surface area contributed by atoms with Crippen molar-refractivity contribution in [2.24, 2.45) is 5.84 Å². The first-order valence-corrected chi connectivity index (χ1v) is 7.28. The zero-order chi connectivity index (χ0) is 14.7. The number of halogens is 2. The second kappa shape index (κ2) is 6.47. The van der Waals surface area contributed by atoms with Crippen LogP contribution in [0.15, 0.2) is 28.7 Å². The molecule has 0 aliphatic rings. The Morgan fingerprint density at radius 1 is 1.45 bits per heavy atom. The molecule has 0 aliphatic heterocycles. The third-order valence-electron chi connectivity index (χ3n) is 3.23. The van der Waals surface area contributed by atoms with Gasteiger partial charge < -0.3 is 0 Å². The number of benzene rings is 1. The van der Waals surface area contributed by atoms with Gasteiger partial charge >= 0.3 is 0 Å². The van der Waals surface area contributed by atoms with Crippen LogP contribution >= 0.6 is 15.9 Å². The summed E-state index contributed by atoms with van der Waals surface area (Å²) in [5.74, 6) is 5.41. The summed E-state index contributed by atoms with van der Waals surface area (Å²) < 4.78 is 16.5. The lowest BCUT2D eigenvalue weighted by molar-refractivity contribution is 0.480. The van der Waals surface area contributed by atoms with Crippen molar-refractivity contribution in [2.75, 3.05) is 0 Å². The molecule has 6 heteroatoms. The Bertz CT molecular complexity index is 597. The standard InChI is InChI=1S/C14H18BrFN4/c1-3-20-14(6-9(2)19-20)13(18-17)7-10-4-5-11(15)8-12(10)16/h4-6,8,13,18H,3,7,17H2,1-2H3. The highest BCUT2D eigenvalue weighted by Gasteiger charge is 2.18. The van der Waals surface area contributed by atoms with Crippen molar-refractivity contribution in [1.29, 1.82) is 0 Å². The number of hydrogen-bond donors (Lipinski definition) is 2. The summed E-state index contributed by atoms with van der Waals surface area (Å²) in [6, 6.07) is 6.86. The van der Waals surface area contributed by atoms with E-state index in [1.54, 1.807) is 6.07 Å². The molecule has 4 nitrogen and oxygen atoms in total. The van der Waals surface area contributed by atoms with E-state index in [0.717, 1.165) is 22.4 Å². The molecule has 1 aromatic carbocycles. The lowest BCUT2D eigenvalue weighted by atomic mass is 10.0. The number of nitrogens with two attached hydrogens (primary N) is 1. The SMILES string of the molecule is CCn1nc(C)cc1C(Cc1ccc(Br)cc1F)NN. The maximum atomic E-state index is 13.9. The van der Waals surface area contributed by atoms with E-state index in [1.165, 1.54) is 6.07 Å². The Kier molecular flexibility index (Phi) is 4.91. The normalized spacial score (nSPS) is 12.7. The Hall–Kier alpha value is -1.24. The zero-order valence-electron chi connectivity index (χ0n) is 11.5. The van der Waals surface area contributed by atoms with Crippen LogP contribution in [0.1, 0.15) is 29.9 Å². The van der Waals surface area contributed by atoms with Gasteiger partial charge in [0.25, 0.3) is 0 Å². The van der Waals surface area contributed by atoms with Gasteiger partial charge in [-0.15, -0.1) is 0 Å². The first kappa shape index (κ1) is 15.2. The summed E-state index contributed by atoms with van der Waals surface area (Å²) >= 11 is 3.26. The molecule has 0 spiro atoms. The maximum absolute atomic E-state index is 13.9. The topological polar surface area (TPSA) is 55.9 Å². The van der Waals surface area contributed by atoms with Crippen LogP contribution in [0, 0.1) is 12.7 Å². The summed E-state index contributed by atoms with van der Waals surface area (Å²) in [4.78, 5) is 0. The van der Waals surface area contributed by atoms with Gasteiger partial charge in [0.1, 0.15) is 5.82 Å². The van der Waals surface area contributed by atoms with Crippen LogP contribution in [0.5, 0.6) is 0 Å². The molecule has 20 heavy (non-hydrogen) atoms. The molecule has 1 heterocycles. The van der Waals surface area contributed by atoms with Gasteiger partial charge in [0.15, 0.2) is 0 Å². The molecular weight excluding hydrogens is 323 g/mol. The second-order valence-corrected chi connectivity index (χ2v) is 5.60. The van der Waals surface area contributed by atoms with E-state index in [2.05, 4.69) is 26.5 Å². The van der Waals surface area contributed by atoms with Gasteiger partial charge in [-0.2, -0.15) is 5.10 Å². The van der Waals surface area contributed by atoms with Crippen molar-refractivity contribution in [3.8, 4) is 0 Å². The first-order valence-electron chi connectivity index (χ1n) is 6.49. The molecule has 0 bridgehead atoms.